The van der Waals surface area contributed by atoms with Crippen LogP contribution in [0.25, 0.3) is 0 Å². The van der Waals surface area contributed by atoms with E-state index in [0.717, 1.165) is 6.42 Å². The zero-order valence-corrected chi connectivity index (χ0v) is 10.8. The molecule has 0 aliphatic heterocycles. The fraction of sp³-hybridized carbons (Fsp3) is 0.900. The third-order valence-corrected chi connectivity index (χ3v) is 3.30. The van der Waals surface area contributed by atoms with Gasteiger partial charge in [-0.2, -0.15) is 0 Å². The first-order valence-electron chi connectivity index (χ1n) is 5.16. The van der Waals surface area contributed by atoms with Gasteiger partial charge in [-0.25, -0.2) is 0 Å². The van der Waals surface area contributed by atoms with Crippen LogP contribution in [0, 0.1) is 6.92 Å². The molecule has 0 N–H and O–H groups in total. The molecule has 0 heterocycles. The number of hydrogen-bond donors (Lipinski definition) is 0. The van der Waals surface area contributed by atoms with Gasteiger partial charge in [0, 0.05) is 0 Å². The molecule has 0 saturated carbocycles. The molecule has 0 aliphatic rings. The molecule has 0 unspecified atom stereocenters. The smallest absolute Gasteiger partial charge is 0.135 e. The van der Waals surface area contributed by atoms with Crippen LogP contribution in [0.15, 0.2) is 0 Å². The predicted octanol–water partition coefficient (Wildman–Crippen LogP) is 1.93. The Bertz CT molecular complexity index is 105. The third-order valence-electron chi connectivity index (χ3n) is 1.54. The van der Waals surface area contributed by atoms with E-state index < -0.39 is 0 Å². The number of rotatable bonds is 7. The lowest BCUT2D eigenvalue weighted by molar-refractivity contribution is -0.134. The van der Waals surface area contributed by atoms with E-state index in [9.17, 15) is 0 Å². The third kappa shape index (κ3) is 8.47. The van der Waals surface area contributed by atoms with E-state index in [2.05, 4.69) is 34.6 Å². The highest BCUT2D eigenvalue weighted by Crippen LogP contribution is 2.05. The van der Waals surface area contributed by atoms with Gasteiger partial charge < -0.3 is 9.47 Å². The molecule has 0 aromatic carbocycles. The summed E-state index contributed by atoms with van der Waals surface area (Å²) in [7, 11) is -0.267. The van der Waals surface area contributed by atoms with E-state index in [-0.39, 0.29) is 27.6 Å². The van der Waals surface area contributed by atoms with Gasteiger partial charge in [-0.3, -0.25) is 0 Å². The molecular weight excluding hydrogens is 180 g/mol. The first-order valence-corrected chi connectivity index (χ1v) is 6.98. The lowest BCUT2D eigenvalue weighted by Crippen LogP contribution is -2.30. The summed E-state index contributed by atoms with van der Waals surface area (Å²) >= 11 is 0. The van der Waals surface area contributed by atoms with E-state index in [0.29, 0.717) is 0 Å². The molecule has 0 aromatic rings. The van der Waals surface area contributed by atoms with E-state index in [1.165, 1.54) is 6.04 Å². The summed E-state index contributed by atoms with van der Waals surface area (Å²) in [6.45, 7) is 12.0. The summed E-state index contributed by atoms with van der Waals surface area (Å²) in [5.74, 6) is 0.0850. The van der Waals surface area contributed by atoms with Crippen molar-refractivity contribution in [1.82, 2.24) is 0 Å². The van der Waals surface area contributed by atoms with Crippen molar-refractivity contribution >= 4 is 9.52 Å². The van der Waals surface area contributed by atoms with Crippen molar-refractivity contribution in [2.45, 2.75) is 58.3 Å². The Morgan fingerprint density at radius 2 is 1.54 bits per heavy atom. The van der Waals surface area contributed by atoms with Crippen LogP contribution in [0.2, 0.25) is 6.04 Å². The maximum atomic E-state index is 5.67. The minimum atomic E-state index is -0.267. The molecule has 0 aromatic heterocycles. The van der Waals surface area contributed by atoms with Crippen molar-refractivity contribution in [3.05, 3.63) is 6.92 Å². The van der Waals surface area contributed by atoms with Crippen molar-refractivity contribution in [2.24, 2.45) is 0 Å². The second kappa shape index (κ2) is 7.53. The van der Waals surface area contributed by atoms with Crippen LogP contribution in [0.4, 0.5) is 0 Å². The van der Waals surface area contributed by atoms with E-state index in [1.807, 2.05) is 0 Å². The highest BCUT2D eigenvalue weighted by Gasteiger charge is 2.12. The molecule has 0 amide bonds. The molecule has 0 bridgehead atoms. The van der Waals surface area contributed by atoms with Gasteiger partial charge in [0.1, 0.15) is 5.91 Å². The Morgan fingerprint density at radius 1 is 1.08 bits per heavy atom. The summed E-state index contributed by atoms with van der Waals surface area (Å²) < 4.78 is 11.3. The summed E-state index contributed by atoms with van der Waals surface area (Å²) in [6, 6.07) is 1.20. The van der Waals surface area contributed by atoms with Crippen LogP contribution in [0.1, 0.15) is 34.1 Å². The Balaban J connectivity index is 3.73. The van der Waals surface area contributed by atoms with Gasteiger partial charge in [-0.15, -0.1) is 0 Å². The van der Waals surface area contributed by atoms with Crippen molar-refractivity contribution < 1.29 is 9.47 Å². The van der Waals surface area contributed by atoms with Crippen molar-refractivity contribution in [2.75, 3.05) is 0 Å². The first-order chi connectivity index (χ1) is 6.06. The molecule has 0 rings (SSSR count). The Kier molecular flexibility index (Phi) is 7.61. The average Bonchev–Trinajstić information content (AvgIpc) is 1.98. The largest absolute Gasteiger partial charge is 0.354 e. The lowest BCUT2D eigenvalue weighted by Gasteiger charge is -2.22. The van der Waals surface area contributed by atoms with Crippen molar-refractivity contribution in [3.8, 4) is 0 Å². The zero-order valence-electron chi connectivity index (χ0n) is 9.38. The quantitative estimate of drug-likeness (QED) is 0.465. The molecule has 0 aliphatic carbocycles. The van der Waals surface area contributed by atoms with Gasteiger partial charge in [0.15, 0.2) is 0 Å². The Hall–Kier alpha value is 0.137. The second-order valence-corrected chi connectivity index (χ2v) is 5.75. The Labute approximate surface area is 84.8 Å². The fourth-order valence-electron chi connectivity index (χ4n) is 1.09. The maximum absolute atomic E-state index is 5.67. The van der Waals surface area contributed by atoms with Crippen molar-refractivity contribution in [3.63, 3.8) is 0 Å². The summed E-state index contributed by atoms with van der Waals surface area (Å²) in [4.78, 5) is 0. The normalized spacial score (nSPS) is 12.9. The van der Waals surface area contributed by atoms with Gasteiger partial charge in [0.05, 0.1) is 21.7 Å². The van der Waals surface area contributed by atoms with E-state index in [1.54, 1.807) is 0 Å². The van der Waals surface area contributed by atoms with Gasteiger partial charge in [-0.05, 0) is 27.7 Å². The molecule has 0 spiro atoms. The van der Waals surface area contributed by atoms with Crippen molar-refractivity contribution in [1.29, 1.82) is 0 Å². The lowest BCUT2D eigenvalue weighted by atomic mass is 10.5. The average molecular weight is 203 g/mol. The van der Waals surface area contributed by atoms with E-state index >= 15 is 0 Å². The Morgan fingerprint density at radius 3 is 1.85 bits per heavy atom. The van der Waals surface area contributed by atoms with Gasteiger partial charge in [0.2, 0.25) is 0 Å². The monoisotopic (exact) mass is 203 g/mol. The molecule has 13 heavy (non-hydrogen) atoms. The molecule has 79 valence electrons. The minimum Gasteiger partial charge on any atom is -0.354 e. The van der Waals surface area contributed by atoms with Crippen LogP contribution in [-0.4, -0.2) is 27.6 Å². The minimum absolute atomic E-state index is 0.0850. The summed E-state index contributed by atoms with van der Waals surface area (Å²) in [5.41, 5.74) is 0. The van der Waals surface area contributed by atoms with Gasteiger partial charge in [-0.1, -0.05) is 19.4 Å². The van der Waals surface area contributed by atoms with E-state index in [4.69, 9.17) is 9.47 Å². The maximum Gasteiger partial charge on any atom is 0.135 e. The van der Waals surface area contributed by atoms with Gasteiger partial charge in [0.25, 0.3) is 0 Å². The zero-order chi connectivity index (χ0) is 10.3. The first kappa shape index (κ1) is 13.1. The summed E-state index contributed by atoms with van der Waals surface area (Å²) in [6.07, 6.45) is 1.54. The van der Waals surface area contributed by atoms with Crippen LogP contribution in [0.5, 0.6) is 0 Å². The van der Waals surface area contributed by atoms with Crippen LogP contribution >= 0.6 is 0 Å². The molecule has 2 nitrogen and oxygen atoms in total. The SMILES string of the molecule is [CH2]CC[SiH2]C(OC(C)C)OC(C)C. The fourth-order valence-corrected chi connectivity index (χ4v) is 2.75. The predicted molar refractivity (Wildman–Crippen MR) is 59.6 cm³/mol. The number of ether oxygens (including phenoxy) is 2. The molecule has 0 saturated heterocycles. The van der Waals surface area contributed by atoms with Crippen LogP contribution < -0.4 is 0 Å². The second-order valence-electron chi connectivity index (χ2n) is 3.80. The molecule has 0 atom stereocenters. The standard InChI is InChI=1S/C10H23O2Si/c1-6-7-13-10(11-8(2)3)12-9(4)5/h8-10H,1,6-7,13H2,2-5H3. The molecule has 1 radical (unpaired) electrons. The molecular formula is C10H23O2Si. The highest BCUT2D eigenvalue weighted by molar-refractivity contribution is 6.36. The highest BCUT2D eigenvalue weighted by atomic mass is 28.2. The summed E-state index contributed by atoms with van der Waals surface area (Å²) in [5, 5.41) is 0. The van der Waals surface area contributed by atoms with Gasteiger partial charge >= 0.3 is 0 Å². The van der Waals surface area contributed by atoms with Crippen LogP contribution in [0.3, 0.4) is 0 Å². The topological polar surface area (TPSA) is 18.5 Å². The number of hydrogen-bond acceptors (Lipinski definition) is 2. The molecule has 3 heteroatoms. The van der Waals surface area contributed by atoms with Crippen LogP contribution in [-0.2, 0) is 9.47 Å². The molecule has 0 fully saturated rings.